The first-order valence-electron chi connectivity index (χ1n) is 14.4. The van der Waals surface area contributed by atoms with E-state index in [2.05, 4.69) is 28.3 Å². The summed E-state index contributed by atoms with van der Waals surface area (Å²) in [5.41, 5.74) is 3.93. The van der Waals surface area contributed by atoms with Crippen molar-refractivity contribution in [3.63, 3.8) is 0 Å². The summed E-state index contributed by atoms with van der Waals surface area (Å²) < 4.78 is 24.5. The van der Waals surface area contributed by atoms with E-state index in [-0.39, 0.29) is 12.1 Å². The molecule has 1 aromatic heterocycles. The summed E-state index contributed by atoms with van der Waals surface area (Å²) >= 11 is 0. The minimum Gasteiger partial charge on any atom is -0.490 e. The number of piperidine rings is 1. The number of anilines is 2. The lowest BCUT2D eigenvalue weighted by molar-refractivity contribution is 0.112. The minimum absolute atomic E-state index is 0.0651. The predicted molar refractivity (Wildman–Crippen MR) is 163 cm³/mol. The number of rotatable bonds is 11. The van der Waals surface area contributed by atoms with Crippen molar-refractivity contribution in [2.45, 2.75) is 46.3 Å². The Labute approximate surface area is 247 Å². The van der Waals surface area contributed by atoms with Gasteiger partial charge < -0.3 is 29.2 Å². The zero-order valence-electron chi connectivity index (χ0n) is 24.6. The largest absolute Gasteiger partial charge is 0.490 e. The van der Waals surface area contributed by atoms with Gasteiger partial charge in [-0.25, -0.2) is 0 Å². The van der Waals surface area contributed by atoms with Crippen LogP contribution in [0.5, 0.6) is 23.3 Å². The van der Waals surface area contributed by atoms with Crippen LogP contribution in [0.2, 0.25) is 0 Å². The number of aromatic nitrogens is 2. The molecule has 0 unspecified atom stereocenters. The maximum absolute atomic E-state index is 9.39. The molecule has 218 valence electrons. The Balaban J connectivity index is 1.48. The van der Waals surface area contributed by atoms with Crippen molar-refractivity contribution in [1.29, 1.82) is 5.26 Å². The Bertz CT molecular complexity index is 1580. The van der Waals surface area contributed by atoms with E-state index < -0.39 is 0 Å². The van der Waals surface area contributed by atoms with E-state index in [1.54, 1.807) is 6.07 Å². The number of hydrogen-bond acceptors (Lipinski definition) is 9. The SMILES string of the molecule is CCOc1nc(Nc2ccc(OCc3ccccc3C#N)c(C)c2)c2c(OC3CCN(C)CC3)c(OCC)ccc2n1. The standard InChI is InChI=1S/C33H37N5O4/c1-5-39-29-14-12-27-30(31(29)42-26-15-17-38(4)18-16-26)32(37-33(36-27)40-6-2)35-25-11-13-28(22(3)19-25)41-21-24-10-8-7-9-23(24)20-34/h7-14,19,26H,5-6,15-18,21H2,1-4H3,(H,35,36,37). The molecule has 0 amide bonds. The van der Waals surface area contributed by atoms with Gasteiger partial charge in [0, 0.05) is 24.3 Å². The van der Waals surface area contributed by atoms with Gasteiger partial charge in [-0.3, -0.25) is 0 Å². The zero-order valence-corrected chi connectivity index (χ0v) is 24.6. The molecular formula is C33H37N5O4. The third-order valence-corrected chi connectivity index (χ3v) is 7.24. The predicted octanol–water partition coefficient (Wildman–Crippen LogP) is 6.40. The van der Waals surface area contributed by atoms with Gasteiger partial charge in [0.1, 0.15) is 24.3 Å². The first-order valence-corrected chi connectivity index (χ1v) is 14.4. The quantitative estimate of drug-likeness (QED) is 0.220. The van der Waals surface area contributed by atoms with E-state index in [1.165, 1.54) is 0 Å². The summed E-state index contributed by atoms with van der Waals surface area (Å²) in [6.45, 7) is 9.08. The third-order valence-electron chi connectivity index (χ3n) is 7.24. The van der Waals surface area contributed by atoms with Crippen LogP contribution in [0, 0.1) is 18.3 Å². The lowest BCUT2D eigenvalue weighted by Gasteiger charge is -2.30. The van der Waals surface area contributed by atoms with Crippen LogP contribution in [-0.4, -0.2) is 54.3 Å². The second-order valence-corrected chi connectivity index (χ2v) is 10.3. The van der Waals surface area contributed by atoms with Crippen molar-refractivity contribution >= 4 is 22.4 Å². The van der Waals surface area contributed by atoms with E-state index in [1.807, 2.05) is 69.3 Å². The van der Waals surface area contributed by atoms with Gasteiger partial charge in [0.2, 0.25) is 0 Å². The number of nitrogens with one attached hydrogen (secondary N) is 1. The first-order chi connectivity index (χ1) is 20.5. The van der Waals surface area contributed by atoms with Crippen LogP contribution >= 0.6 is 0 Å². The van der Waals surface area contributed by atoms with E-state index in [0.29, 0.717) is 48.2 Å². The Morgan fingerprint density at radius 3 is 2.45 bits per heavy atom. The van der Waals surface area contributed by atoms with Gasteiger partial charge in [0.25, 0.3) is 0 Å². The third kappa shape index (κ3) is 6.67. The molecule has 5 rings (SSSR count). The number of ether oxygens (including phenoxy) is 4. The average Bonchev–Trinajstić information content (AvgIpc) is 2.99. The molecular weight excluding hydrogens is 530 g/mol. The number of aryl methyl sites for hydroxylation is 1. The van der Waals surface area contributed by atoms with Crippen LogP contribution in [0.15, 0.2) is 54.6 Å². The Morgan fingerprint density at radius 2 is 1.71 bits per heavy atom. The van der Waals surface area contributed by atoms with Crippen LogP contribution < -0.4 is 24.3 Å². The minimum atomic E-state index is 0.0651. The lowest BCUT2D eigenvalue weighted by atomic mass is 10.1. The zero-order chi connectivity index (χ0) is 29.5. The van der Waals surface area contributed by atoms with Gasteiger partial charge in [-0.15, -0.1) is 0 Å². The van der Waals surface area contributed by atoms with Crippen LogP contribution in [0.1, 0.15) is 43.4 Å². The molecule has 1 aliphatic heterocycles. The van der Waals surface area contributed by atoms with Crippen LogP contribution in [0.25, 0.3) is 10.9 Å². The van der Waals surface area contributed by atoms with Crippen molar-refractivity contribution in [3.05, 3.63) is 71.3 Å². The van der Waals surface area contributed by atoms with E-state index in [0.717, 1.165) is 53.9 Å². The molecule has 0 aliphatic carbocycles. The molecule has 0 saturated carbocycles. The smallest absolute Gasteiger partial charge is 0.318 e. The fourth-order valence-electron chi connectivity index (χ4n) is 5.03. The lowest BCUT2D eigenvalue weighted by Crippen LogP contribution is -2.35. The summed E-state index contributed by atoms with van der Waals surface area (Å²) in [6.07, 6.45) is 1.92. The molecule has 3 aromatic carbocycles. The van der Waals surface area contributed by atoms with Crippen molar-refractivity contribution in [2.24, 2.45) is 0 Å². The highest BCUT2D eigenvalue weighted by Crippen LogP contribution is 2.42. The van der Waals surface area contributed by atoms with Gasteiger partial charge in [-0.1, -0.05) is 18.2 Å². The molecule has 4 aromatic rings. The summed E-state index contributed by atoms with van der Waals surface area (Å²) in [4.78, 5) is 11.7. The fourth-order valence-corrected chi connectivity index (χ4v) is 5.03. The van der Waals surface area contributed by atoms with Crippen LogP contribution in [0.4, 0.5) is 11.5 Å². The summed E-state index contributed by atoms with van der Waals surface area (Å²) in [6, 6.07) is 19.6. The van der Waals surface area contributed by atoms with Gasteiger partial charge >= 0.3 is 6.01 Å². The molecule has 1 fully saturated rings. The normalized spacial score (nSPS) is 13.9. The maximum atomic E-state index is 9.39. The van der Waals surface area contributed by atoms with Crippen molar-refractivity contribution in [1.82, 2.24) is 14.9 Å². The first kappa shape index (κ1) is 29.0. The Hall–Kier alpha value is -4.55. The van der Waals surface area contributed by atoms with E-state index in [4.69, 9.17) is 23.9 Å². The number of fused-ring (bicyclic) bond motifs is 1. The van der Waals surface area contributed by atoms with Crippen LogP contribution in [0.3, 0.4) is 0 Å². The molecule has 1 aliphatic rings. The molecule has 1 saturated heterocycles. The van der Waals surface area contributed by atoms with Crippen molar-refractivity contribution in [2.75, 3.05) is 38.7 Å². The monoisotopic (exact) mass is 567 g/mol. The highest BCUT2D eigenvalue weighted by molar-refractivity contribution is 5.98. The molecule has 0 radical (unpaired) electrons. The topological polar surface area (TPSA) is 102 Å². The molecule has 9 heteroatoms. The molecule has 0 atom stereocenters. The maximum Gasteiger partial charge on any atom is 0.318 e. The van der Waals surface area contributed by atoms with Crippen LogP contribution in [-0.2, 0) is 6.61 Å². The molecule has 9 nitrogen and oxygen atoms in total. The Morgan fingerprint density at radius 1 is 0.952 bits per heavy atom. The molecule has 42 heavy (non-hydrogen) atoms. The second kappa shape index (κ2) is 13.4. The summed E-state index contributed by atoms with van der Waals surface area (Å²) in [5.74, 6) is 2.62. The summed E-state index contributed by atoms with van der Waals surface area (Å²) in [5, 5.41) is 13.6. The van der Waals surface area contributed by atoms with Crippen molar-refractivity contribution < 1.29 is 18.9 Å². The fraction of sp³-hybridized carbons (Fsp3) is 0.364. The molecule has 2 heterocycles. The number of likely N-dealkylation sites (tertiary alicyclic amines) is 1. The van der Waals surface area contributed by atoms with Gasteiger partial charge in [-0.05, 0) is 82.6 Å². The number of nitriles is 1. The molecule has 1 N–H and O–H groups in total. The second-order valence-electron chi connectivity index (χ2n) is 10.3. The highest BCUT2D eigenvalue weighted by Gasteiger charge is 2.24. The Kier molecular flexibility index (Phi) is 9.25. The number of benzene rings is 3. The summed E-state index contributed by atoms with van der Waals surface area (Å²) in [7, 11) is 2.13. The molecule has 0 spiro atoms. The van der Waals surface area contributed by atoms with Gasteiger partial charge in [0.05, 0.1) is 35.7 Å². The van der Waals surface area contributed by atoms with E-state index in [9.17, 15) is 5.26 Å². The number of hydrogen-bond donors (Lipinski definition) is 1. The van der Waals surface area contributed by atoms with Gasteiger partial charge in [0.15, 0.2) is 11.5 Å². The average molecular weight is 568 g/mol. The highest BCUT2D eigenvalue weighted by atomic mass is 16.5. The van der Waals surface area contributed by atoms with Crippen molar-refractivity contribution in [3.8, 4) is 29.3 Å². The van der Waals surface area contributed by atoms with E-state index >= 15 is 0 Å². The number of nitrogens with zero attached hydrogens (tertiary/aromatic N) is 4. The molecule has 0 bridgehead atoms. The van der Waals surface area contributed by atoms with Gasteiger partial charge in [-0.2, -0.15) is 15.2 Å².